The number of anilines is 2. The van der Waals surface area contributed by atoms with Crippen molar-refractivity contribution < 1.29 is 22.3 Å². The van der Waals surface area contributed by atoms with Gasteiger partial charge in [0.05, 0.1) is 12.0 Å². The van der Waals surface area contributed by atoms with Gasteiger partial charge in [0.15, 0.2) is 0 Å². The van der Waals surface area contributed by atoms with Gasteiger partial charge in [-0.05, 0) is 73.5 Å². The Bertz CT molecular complexity index is 1190. The lowest BCUT2D eigenvalue weighted by Crippen LogP contribution is -2.17. The maximum absolute atomic E-state index is 13.5. The number of amides is 1. The molecule has 0 spiro atoms. The maximum Gasteiger partial charge on any atom is 0.262 e. The second kappa shape index (κ2) is 8.54. The first kappa shape index (κ1) is 21.3. The smallest absolute Gasteiger partial charge is 0.262 e. The molecule has 0 aromatic heterocycles. The van der Waals surface area contributed by atoms with Gasteiger partial charge in [-0.25, -0.2) is 12.8 Å². The summed E-state index contributed by atoms with van der Waals surface area (Å²) in [4.78, 5) is 12.6. The minimum absolute atomic E-state index is 0.0260. The Hall–Kier alpha value is -3.39. The number of methoxy groups -OCH3 is 1. The lowest BCUT2D eigenvalue weighted by molar-refractivity contribution is 0.102. The average Bonchev–Trinajstić information content (AvgIpc) is 2.71. The molecule has 0 aliphatic carbocycles. The second-order valence-corrected chi connectivity index (χ2v) is 8.38. The van der Waals surface area contributed by atoms with Crippen LogP contribution in [0.1, 0.15) is 21.5 Å². The summed E-state index contributed by atoms with van der Waals surface area (Å²) in [7, 11) is -2.42. The number of halogens is 1. The molecule has 6 nitrogen and oxygen atoms in total. The molecule has 0 heterocycles. The van der Waals surface area contributed by atoms with Gasteiger partial charge in [0.25, 0.3) is 15.9 Å². The Balaban J connectivity index is 1.88. The van der Waals surface area contributed by atoms with Gasteiger partial charge >= 0.3 is 0 Å². The molecule has 0 unspecified atom stereocenters. The monoisotopic (exact) mass is 428 g/mol. The molecule has 3 aromatic rings. The van der Waals surface area contributed by atoms with Gasteiger partial charge in [-0.15, -0.1) is 0 Å². The van der Waals surface area contributed by atoms with Gasteiger partial charge in [0, 0.05) is 16.9 Å². The second-order valence-electron chi connectivity index (χ2n) is 6.73. The number of rotatable bonds is 6. The lowest BCUT2D eigenvalue weighted by Gasteiger charge is -2.13. The lowest BCUT2D eigenvalue weighted by atomic mass is 10.1. The molecular weight excluding hydrogens is 407 g/mol. The molecule has 156 valence electrons. The van der Waals surface area contributed by atoms with Crippen molar-refractivity contribution in [1.29, 1.82) is 0 Å². The molecule has 0 bridgehead atoms. The Labute approximate surface area is 174 Å². The minimum atomic E-state index is -3.94. The van der Waals surface area contributed by atoms with Crippen molar-refractivity contribution in [3.8, 4) is 5.75 Å². The predicted molar refractivity (Wildman–Crippen MR) is 114 cm³/mol. The predicted octanol–water partition coefficient (Wildman–Crippen LogP) is 4.50. The van der Waals surface area contributed by atoms with Gasteiger partial charge in [-0.1, -0.05) is 12.1 Å². The van der Waals surface area contributed by atoms with E-state index in [-0.39, 0.29) is 10.5 Å². The van der Waals surface area contributed by atoms with Crippen molar-refractivity contribution in [1.82, 2.24) is 0 Å². The third-order valence-electron chi connectivity index (χ3n) is 4.53. The Morgan fingerprint density at radius 2 is 1.60 bits per heavy atom. The van der Waals surface area contributed by atoms with E-state index in [0.717, 1.165) is 0 Å². The highest BCUT2D eigenvalue weighted by Gasteiger charge is 2.20. The maximum atomic E-state index is 13.5. The molecule has 0 fully saturated rings. The van der Waals surface area contributed by atoms with Gasteiger partial charge in [0.1, 0.15) is 11.6 Å². The highest BCUT2D eigenvalue weighted by molar-refractivity contribution is 7.92. The fourth-order valence-electron chi connectivity index (χ4n) is 2.82. The molecular formula is C22H21FN2O4S. The van der Waals surface area contributed by atoms with Crippen LogP contribution in [-0.4, -0.2) is 21.4 Å². The number of aryl methyl sites for hydroxylation is 2. The van der Waals surface area contributed by atoms with Crippen molar-refractivity contribution in [2.75, 3.05) is 17.1 Å². The Morgan fingerprint density at radius 3 is 2.27 bits per heavy atom. The zero-order valence-corrected chi connectivity index (χ0v) is 17.5. The number of carbonyl (C=O) groups excluding carboxylic acids is 1. The highest BCUT2D eigenvalue weighted by Crippen LogP contribution is 2.23. The van der Waals surface area contributed by atoms with Crippen molar-refractivity contribution >= 4 is 27.3 Å². The molecule has 0 atom stereocenters. The van der Waals surface area contributed by atoms with Crippen LogP contribution in [0.4, 0.5) is 15.8 Å². The molecule has 3 rings (SSSR count). The van der Waals surface area contributed by atoms with Crippen molar-refractivity contribution in [3.05, 3.63) is 83.2 Å². The van der Waals surface area contributed by atoms with Crippen LogP contribution in [0.2, 0.25) is 0 Å². The molecule has 0 saturated carbocycles. The van der Waals surface area contributed by atoms with Crippen molar-refractivity contribution in [2.24, 2.45) is 0 Å². The van der Waals surface area contributed by atoms with E-state index in [1.807, 2.05) is 0 Å². The summed E-state index contributed by atoms with van der Waals surface area (Å²) in [5.41, 5.74) is 1.99. The summed E-state index contributed by atoms with van der Waals surface area (Å²) in [5.74, 6) is -0.420. The van der Waals surface area contributed by atoms with E-state index >= 15 is 0 Å². The molecule has 0 aliphatic rings. The van der Waals surface area contributed by atoms with Crippen LogP contribution in [0.5, 0.6) is 5.75 Å². The van der Waals surface area contributed by atoms with Crippen LogP contribution >= 0.6 is 0 Å². The summed E-state index contributed by atoms with van der Waals surface area (Å²) in [5, 5.41) is 2.62. The average molecular weight is 428 g/mol. The first-order chi connectivity index (χ1) is 14.2. The number of hydrogen-bond acceptors (Lipinski definition) is 4. The van der Waals surface area contributed by atoms with Crippen LogP contribution in [0.25, 0.3) is 0 Å². The molecule has 3 aromatic carbocycles. The summed E-state index contributed by atoms with van der Waals surface area (Å²) >= 11 is 0. The standard InChI is InChI=1S/C22H21FN2O4S/c1-14-5-7-17(23)13-20(14)24-22(26)16-6-4-15(2)21(12-16)30(27,28)25-18-8-10-19(29-3)11-9-18/h4-13,25H,1-3H3,(H,24,26). The largest absolute Gasteiger partial charge is 0.497 e. The summed E-state index contributed by atoms with van der Waals surface area (Å²) in [6.45, 7) is 3.37. The normalized spacial score (nSPS) is 11.1. The number of carbonyl (C=O) groups is 1. The highest BCUT2D eigenvalue weighted by atomic mass is 32.2. The van der Waals surface area contributed by atoms with E-state index in [4.69, 9.17) is 4.74 Å². The van der Waals surface area contributed by atoms with E-state index in [0.29, 0.717) is 28.3 Å². The zero-order chi connectivity index (χ0) is 21.9. The Morgan fingerprint density at radius 1 is 0.933 bits per heavy atom. The summed E-state index contributed by atoms with van der Waals surface area (Å²) in [6, 6.07) is 14.9. The van der Waals surface area contributed by atoms with E-state index in [1.54, 1.807) is 50.2 Å². The number of hydrogen-bond donors (Lipinski definition) is 2. The minimum Gasteiger partial charge on any atom is -0.497 e. The first-order valence-electron chi connectivity index (χ1n) is 9.04. The number of ether oxygens (including phenoxy) is 1. The Kier molecular flexibility index (Phi) is 6.07. The van der Waals surface area contributed by atoms with E-state index < -0.39 is 21.7 Å². The van der Waals surface area contributed by atoms with Crippen LogP contribution in [0.3, 0.4) is 0 Å². The van der Waals surface area contributed by atoms with Crippen LogP contribution < -0.4 is 14.8 Å². The van der Waals surface area contributed by atoms with Gasteiger partial charge in [-0.3, -0.25) is 9.52 Å². The molecule has 0 saturated heterocycles. The molecule has 1 amide bonds. The molecule has 0 radical (unpaired) electrons. The van der Waals surface area contributed by atoms with Crippen LogP contribution in [0.15, 0.2) is 65.6 Å². The van der Waals surface area contributed by atoms with Crippen LogP contribution in [-0.2, 0) is 10.0 Å². The molecule has 0 aliphatic heterocycles. The van der Waals surface area contributed by atoms with Gasteiger partial charge in [-0.2, -0.15) is 0 Å². The van der Waals surface area contributed by atoms with E-state index in [1.165, 1.54) is 31.4 Å². The number of nitrogens with one attached hydrogen (secondary N) is 2. The fraction of sp³-hybridized carbons (Fsp3) is 0.136. The SMILES string of the molecule is COc1ccc(NS(=O)(=O)c2cc(C(=O)Nc3cc(F)ccc3C)ccc2C)cc1. The zero-order valence-electron chi connectivity index (χ0n) is 16.7. The fourth-order valence-corrected chi connectivity index (χ4v) is 4.15. The van der Waals surface area contributed by atoms with Crippen molar-refractivity contribution in [3.63, 3.8) is 0 Å². The molecule has 8 heteroatoms. The van der Waals surface area contributed by atoms with E-state index in [2.05, 4.69) is 10.0 Å². The topological polar surface area (TPSA) is 84.5 Å². The van der Waals surface area contributed by atoms with E-state index in [9.17, 15) is 17.6 Å². The number of sulfonamides is 1. The van der Waals surface area contributed by atoms with Gasteiger partial charge in [0.2, 0.25) is 0 Å². The van der Waals surface area contributed by atoms with Crippen LogP contribution in [0, 0.1) is 19.7 Å². The molecule has 30 heavy (non-hydrogen) atoms. The third-order valence-corrected chi connectivity index (χ3v) is 6.05. The quantitative estimate of drug-likeness (QED) is 0.605. The first-order valence-corrected chi connectivity index (χ1v) is 10.5. The number of benzene rings is 3. The van der Waals surface area contributed by atoms with Crippen molar-refractivity contribution in [2.45, 2.75) is 18.7 Å². The summed E-state index contributed by atoms with van der Waals surface area (Å²) in [6.07, 6.45) is 0. The third kappa shape index (κ3) is 4.77. The van der Waals surface area contributed by atoms with Gasteiger partial charge < -0.3 is 10.1 Å². The summed E-state index contributed by atoms with van der Waals surface area (Å²) < 4.78 is 46.8. The molecule has 2 N–H and O–H groups in total.